The molecule has 0 aromatic rings. The topological polar surface area (TPSA) is 81.7 Å². The van der Waals surface area contributed by atoms with Gasteiger partial charge in [-0.05, 0) is 31.9 Å². The van der Waals surface area contributed by atoms with E-state index in [-0.39, 0.29) is 17.5 Å². The quantitative estimate of drug-likeness (QED) is 0.520. The van der Waals surface area contributed by atoms with Gasteiger partial charge in [-0.1, -0.05) is 13.2 Å². The molecular weight excluding hydrogens is 240 g/mol. The molecule has 4 heteroatoms. The minimum atomic E-state index is -0.191. The lowest BCUT2D eigenvalue weighted by Crippen LogP contribution is -2.03. The lowest BCUT2D eigenvalue weighted by molar-refractivity contribution is -0.116. The third-order valence-electron chi connectivity index (χ3n) is 2.13. The first-order valence-corrected chi connectivity index (χ1v) is 5.99. The van der Waals surface area contributed by atoms with Gasteiger partial charge in [0.25, 0.3) is 0 Å². The first-order valence-electron chi connectivity index (χ1n) is 5.99. The van der Waals surface area contributed by atoms with Crippen molar-refractivity contribution in [2.75, 3.05) is 0 Å². The van der Waals surface area contributed by atoms with Gasteiger partial charge in [0.05, 0.1) is 18.1 Å². The van der Waals surface area contributed by atoms with E-state index in [2.05, 4.69) is 13.2 Å². The summed E-state index contributed by atoms with van der Waals surface area (Å²) in [6.07, 6.45) is 3.15. The minimum Gasteiger partial charge on any atom is -0.295 e. The molecule has 0 radical (unpaired) electrons. The summed E-state index contributed by atoms with van der Waals surface area (Å²) >= 11 is 0. The van der Waals surface area contributed by atoms with Crippen LogP contribution in [0.25, 0.3) is 0 Å². The minimum absolute atomic E-state index is 0.0188. The molecule has 19 heavy (non-hydrogen) atoms. The second kappa shape index (κ2) is 12.3. The first kappa shape index (κ1) is 19.1. The molecule has 1 unspecified atom stereocenters. The van der Waals surface area contributed by atoms with Crippen LogP contribution in [0.2, 0.25) is 0 Å². The zero-order valence-electron chi connectivity index (χ0n) is 11.6. The van der Waals surface area contributed by atoms with E-state index in [0.29, 0.717) is 31.3 Å². The van der Waals surface area contributed by atoms with Crippen LogP contribution in [0.4, 0.5) is 0 Å². The third-order valence-corrected chi connectivity index (χ3v) is 2.13. The number of carbonyl (C=O) groups excluding carboxylic acids is 2. The Labute approximate surface area is 115 Å². The highest BCUT2D eigenvalue weighted by molar-refractivity contribution is 5.94. The summed E-state index contributed by atoms with van der Waals surface area (Å²) in [5, 5.41) is 16.4. The van der Waals surface area contributed by atoms with Gasteiger partial charge in [-0.2, -0.15) is 10.5 Å². The van der Waals surface area contributed by atoms with Crippen molar-refractivity contribution >= 4 is 11.6 Å². The van der Waals surface area contributed by atoms with Gasteiger partial charge in [-0.3, -0.25) is 9.59 Å². The summed E-state index contributed by atoms with van der Waals surface area (Å²) in [6.45, 7) is 10.2. The fourth-order valence-corrected chi connectivity index (χ4v) is 0.942. The zero-order valence-corrected chi connectivity index (χ0v) is 11.6. The Morgan fingerprint density at radius 3 is 2.32 bits per heavy atom. The maximum absolute atomic E-state index is 10.9. The zero-order chi connectivity index (χ0) is 15.3. The van der Waals surface area contributed by atoms with Crippen LogP contribution in [0.1, 0.15) is 39.5 Å². The van der Waals surface area contributed by atoms with Crippen LogP contribution in [0, 0.1) is 28.6 Å². The van der Waals surface area contributed by atoms with Crippen molar-refractivity contribution in [2.45, 2.75) is 39.5 Å². The van der Waals surface area contributed by atoms with Crippen LogP contribution in [0.3, 0.4) is 0 Å². The number of unbranched alkanes of at least 4 members (excludes halogenated alkanes) is 1. The highest BCUT2D eigenvalue weighted by atomic mass is 16.1. The Morgan fingerprint density at radius 1 is 1.37 bits per heavy atom. The summed E-state index contributed by atoms with van der Waals surface area (Å²) in [6, 6.07) is 3.95. The van der Waals surface area contributed by atoms with Crippen molar-refractivity contribution in [3.8, 4) is 12.1 Å². The number of ketones is 2. The van der Waals surface area contributed by atoms with Crippen molar-refractivity contribution in [1.82, 2.24) is 0 Å². The lowest BCUT2D eigenvalue weighted by atomic mass is 10.0. The van der Waals surface area contributed by atoms with Gasteiger partial charge in [0, 0.05) is 19.3 Å². The van der Waals surface area contributed by atoms with Gasteiger partial charge in [-0.25, -0.2) is 0 Å². The van der Waals surface area contributed by atoms with Gasteiger partial charge in [-0.15, -0.1) is 0 Å². The predicted octanol–water partition coefficient (Wildman–Crippen LogP) is 3.12. The molecule has 102 valence electrons. The van der Waals surface area contributed by atoms with E-state index < -0.39 is 0 Å². The summed E-state index contributed by atoms with van der Waals surface area (Å²) in [4.78, 5) is 21.3. The predicted molar refractivity (Wildman–Crippen MR) is 73.9 cm³/mol. The van der Waals surface area contributed by atoms with Crippen LogP contribution in [-0.4, -0.2) is 11.6 Å². The number of carbonyl (C=O) groups is 2. The molecule has 4 nitrogen and oxygen atoms in total. The summed E-state index contributed by atoms with van der Waals surface area (Å²) in [7, 11) is 0. The van der Waals surface area contributed by atoms with E-state index in [0.717, 1.165) is 0 Å². The number of allylic oxidation sites excluding steroid dienone is 2. The molecule has 0 saturated heterocycles. The molecule has 0 rings (SSSR count). The Hall–Kier alpha value is -2.20. The highest BCUT2D eigenvalue weighted by Gasteiger charge is 2.07. The molecule has 1 atom stereocenters. The fourth-order valence-electron chi connectivity index (χ4n) is 0.942. The lowest BCUT2D eigenvalue weighted by Gasteiger charge is -1.98. The van der Waals surface area contributed by atoms with Crippen LogP contribution >= 0.6 is 0 Å². The number of nitriles is 2. The second-order valence-electron chi connectivity index (χ2n) is 4.12. The molecule has 0 aliphatic rings. The first-order chi connectivity index (χ1) is 8.88. The van der Waals surface area contributed by atoms with Gasteiger partial charge in [0.15, 0.2) is 11.6 Å². The number of nitrogens with zero attached hydrogens (tertiary/aromatic N) is 2. The molecule has 0 amide bonds. The average Bonchev–Trinajstić information content (AvgIpc) is 2.39. The summed E-state index contributed by atoms with van der Waals surface area (Å²) in [5.41, 5.74) is 0.530. The monoisotopic (exact) mass is 260 g/mol. The normalized spacial score (nSPS) is 9.89. The molecule has 0 aliphatic heterocycles. The van der Waals surface area contributed by atoms with Crippen molar-refractivity contribution < 1.29 is 9.59 Å². The van der Waals surface area contributed by atoms with Crippen molar-refractivity contribution in [1.29, 1.82) is 10.5 Å². The average molecular weight is 260 g/mol. The van der Waals surface area contributed by atoms with E-state index in [1.165, 1.54) is 6.08 Å². The number of hydrogen-bond acceptors (Lipinski definition) is 4. The third kappa shape index (κ3) is 13.7. The van der Waals surface area contributed by atoms with Crippen molar-refractivity contribution in [3.05, 3.63) is 24.8 Å². The van der Waals surface area contributed by atoms with Crippen LogP contribution in [0.15, 0.2) is 24.8 Å². The molecule has 0 spiro atoms. The molecule has 0 fully saturated rings. The number of rotatable bonds is 7. The van der Waals surface area contributed by atoms with Crippen LogP contribution in [-0.2, 0) is 9.59 Å². The van der Waals surface area contributed by atoms with Crippen LogP contribution in [0.5, 0.6) is 0 Å². The van der Waals surface area contributed by atoms with E-state index in [9.17, 15) is 9.59 Å². The molecule has 0 aliphatic carbocycles. The molecule has 0 aromatic carbocycles. The molecule has 0 N–H and O–H groups in total. The van der Waals surface area contributed by atoms with Crippen molar-refractivity contribution in [2.24, 2.45) is 5.92 Å². The standard InChI is InChI=1S/C8H11NO.C7H9NO/c1-6(2)8(10)4-7(3)5-9;1-2-7(9)5-3-4-6-8/h7H,1,4H2,2-3H3;2H,1,3-5H2. The molecule has 0 heterocycles. The molecule has 0 bridgehead atoms. The smallest absolute Gasteiger partial charge is 0.159 e. The number of Topliss-reactive ketones (excluding diaryl/α,β-unsaturated/α-hetero) is 1. The van der Waals surface area contributed by atoms with Gasteiger partial charge < -0.3 is 0 Å². The highest BCUT2D eigenvalue weighted by Crippen LogP contribution is 2.04. The van der Waals surface area contributed by atoms with Crippen LogP contribution < -0.4 is 0 Å². The molecule has 0 saturated carbocycles. The summed E-state index contributed by atoms with van der Waals surface area (Å²) in [5.74, 6) is -0.191. The molecular formula is C15H20N2O2. The van der Waals surface area contributed by atoms with Crippen molar-refractivity contribution in [3.63, 3.8) is 0 Å². The van der Waals surface area contributed by atoms with Gasteiger partial charge in [0.1, 0.15) is 0 Å². The maximum atomic E-state index is 10.9. The largest absolute Gasteiger partial charge is 0.295 e. The van der Waals surface area contributed by atoms with E-state index in [1.807, 2.05) is 12.1 Å². The second-order valence-corrected chi connectivity index (χ2v) is 4.12. The van der Waals surface area contributed by atoms with E-state index >= 15 is 0 Å². The van der Waals surface area contributed by atoms with Gasteiger partial charge >= 0.3 is 0 Å². The molecule has 0 aromatic heterocycles. The number of hydrogen-bond donors (Lipinski definition) is 0. The van der Waals surface area contributed by atoms with E-state index in [1.54, 1.807) is 13.8 Å². The Kier molecular flexibility index (Phi) is 12.4. The fraction of sp³-hybridized carbons (Fsp3) is 0.467. The summed E-state index contributed by atoms with van der Waals surface area (Å²) < 4.78 is 0. The SMILES string of the molecule is C=C(C)C(=O)CC(C)C#N.C=CC(=O)CCCC#N. The Morgan fingerprint density at radius 2 is 1.95 bits per heavy atom. The van der Waals surface area contributed by atoms with Gasteiger partial charge in [0.2, 0.25) is 0 Å². The Balaban J connectivity index is 0. The maximum Gasteiger partial charge on any atom is 0.159 e. The Bertz CT molecular complexity index is 411. The van der Waals surface area contributed by atoms with E-state index in [4.69, 9.17) is 10.5 Å².